The van der Waals surface area contributed by atoms with Crippen LogP contribution in [0.3, 0.4) is 0 Å². The summed E-state index contributed by atoms with van der Waals surface area (Å²) in [5, 5.41) is 0. The SMILES string of the molecule is NCC(Cc1ccc(F)c(F)c1)c1ccccc1Br. The van der Waals surface area contributed by atoms with Crippen molar-refractivity contribution in [1.82, 2.24) is 0 Å². The van der Waals surface area contributed by atoms with Gasteiger partial charge in [0, 0.05) is 10.4 Å². The van der Waals surface area contributed by atoms with Crippen molar-refractivity contribution in [3.8, 4) is 0 Å². The standard InChI is InChI=1S/C15H14BrF2N/c16-13-4-2-1-3-12(13)11(9-19)7-10-5-6-14(17)15(18)8-10/h1-6,8,11H,7,9,19H2. The van der Waals surface area contributed by atoms with Gasteiger partial charge in [0.25, 0.3) is 0 Å². The van der Waals surface area contributed by atoms with Gasteiger partial charge in [0.15, 0.2) is 11.6 Å². The predicted molar refractivity (Wildman–Crippen MR) is 76.0 cm³/mol. The molecule has 1 atom stereocenters. The first-order valence-electron chi connectivity index (χ1n) is 6.00. The fourth-order valence-corrected chi connectivity index (χ4v) is 2.69. The van der Waals surface area contributed by atoms with Crippen molar-refractivity contribution in [2.24, 2.45) is 5.73 Å². The van der Waals surface area contributed by atoms with Crippen molar-refractivity contribution in [2.45, 2.75) is 12.3 Å². The second kappa shape index (κ2) is 6.26. The van der Waals surface area contributed by atoms with Crippen LogP contribution in [0.25, 0.3) is 0 Å². The van der Waals surface area contributed by atoms with E-state index in [0.29, 0.717) is 13.0 Å². The normalized spacial score (nSPS) is 12.4. The van der Waals surface area contributed by atoms with Crippen molar-refractivity contribution in [1.29, 1.82) is 0 Å². The molecule has 0 spiro atoms. The molecule has 0 bridgehead atoms. The molecular weight excluding hydrogens is 312 g/mol. The van der Waals surface area contributed by atoms with Crippen molar-refractivity contribution in [2.75, 3.05) is 6.54 Å². The van der Waals surface area contributed by atoms with E-state index < -0.39 is 11.6 Å². The summed E-state index contributed by atoms with van der Waals surface area (Å²) < 4.78 is 27.1. The Kier molecular flexibility index (Phi) is 4.66. The molecule has 0 fully saturated rings. The van der Waals surface area contributed by atoms with E-state index in [-0.39, 0.29) is 5.92 Å². The first-order valence-corrected chi connectivity index (χ1v) is 6.79. The van der Waals surface area contributed by atoms with E-state index in [1.54, 1.807) is 6.07 Å². The number of hydrogen-bond acceptors (Lipinski definition) is 1. The number of hydrogen-bond donors (Lipinski definition) is 1. The molecule has 100 valence electrons. The molecule has 2 aromatic carbocycles. The fraction of sp³-hybridized carbons (Fsp3) is 0.200. The van der Waals surface area contributed by atoms with Gasteiger partial charge in [-0.15, -0.1) is 0 Å². The Morgan fingerprint density at radius 1 is 1.05 bits per heavy atom. The van der Waals surface area contributed by atoms with Crippen molar-refractivity contribution >= 4 is 15.9 Å². The fourth-order valence-electron chi connectivity index (χ4n) is 2.08. The minimum atomic E-state index is -0.825. The highest BCUT2D eigenvalue weighted by Crippen LogP contribution is 2.27. The van der Waals surface area contributed by atoms with Crippen molar-refractivity contribution in [3.63, 3.8) is 0 Å². The van der Waals surface area contributed by atoms with Crippen molar-refractivity contribution < 1.29 is 8.78 Å². The van der Waals surface area contributed by atoms with E-state index in [0.717, 1.165) is 21.7 Å². The summed E-state index contributed by atoms with van der Waals surface area (Å²) in [5.41, 5.74) is 7.62. The topological polar surface area (TPSA) is 26.0 Å². The van der Waals surface area contributed by atoms with Gasteiger partial charge in [-0.05, 0) is 42.3 Å². The van der Waals surface area contributed by atoms with Gasteiger partial charge >= 0.3 is 0 Å². The maximum atomic E-state index is 13.2. The number of nitrogens with two attached hydrogens (primary N) is 1. The molecule has 1 nitrogen and oxygen atoms in total. The van der Waals surface area contributed by atoms with E-state index in [2.05, 4.69) is 15.9 Å². The Hall–Kier alpha value is -1.26. The predicted octanol–water partition coefficient (Wildman–Crippen LogP) is 4.01. The van der Waals surface area contributed by atoms with Crippen LogP contribution in [0.4, 0.5) is 8.78 Å². The van der Waals surface area contributed by atoms with Crippen LogP contribution in [0.1, 0.15) is 17.0 Å². The third-order valence-corrected chi connectivity index (χ3v) is 3.82. The molecular formula is C15H14BrF2N. The second-order valence-electron chi connectivity index (χ2n) is 4.41. The van der Waals surface area contributed by atoms with Crippen LogP contribution in [0, 0.1) is 11.6 Å². The Balaban J connectivity index is 2.24. The Morgan fingerprint density at radius 2 is 1.79 bits per heavy atom. The van der Waals surface area contributed by atoms with Gasteiger partial charge in [0.05, 0.1) is 0 Å². The molecule has 0 aliphatic carbocycles. The minimum absolute atomic E-state index is 0.0698. The molecule has 0 heterocycles. The van der Waals surface area contributed by atoms with E-state index in [9.17, 15) is 8.78 Å². The summed E-state index contributed by atoms with van der Waals surface area (Å²) in [6.45, 7) is 0.446. The first kappa shape index (κ1) is 14.2. The maximum absolute atomic E-state index is 13.2. The highest BCUT2D eigenvalue weighted by Gasteiger charge is 2.14. The smallest absolute Gasteiger partial charge is 0.159 e. The van der Waals surface area contributed by atoms with Crippen LogP contribution >= 0.6 is 15.9 Å². The minimum Gasteiger partial charge on any atom is -0.330 e. The van der Waals surface area contributed by atoms with Gasteiger partial charge in [-0.3, -0.25) is 0 Å². The van der Waals surface area contributed by atoms with Gasteiger partial charge in [0.2, 0.25) is 0 Å². The van der Waals surface area contributed by atoms with Crippen LogP contribution in [0.15, 0.2) is 46.9 Å². The second-order valence-corrected chi connectivity index (χ2v) is 5.26. The van der Waals surface area contributed by atoms with E-state index in [1.165, 1.54) is 6.07 Å². The molecule has 4 heteroatoms. The van der Waals surface area contributed by atoms with E-state index in [4.69, 9.17) is 5.73 Å². The third-order valence-electron chi connectivity index (χ3n) is 3.10. The molecule has 2 aromatic rings. The molecule has 2 N–H and O–H groups in total. The maximum Gasteiger partial charge on any atom is 0.159 e. The molecule has 1 unspecified atom stereocenters. The van der Waals surface area contributed by atoms with Crippen molar-refractivity contribution in [3.05, 3.63) is 69.7 Å². The first-order chi connectivity index (χ1) is 9.11. The average Bonchev–Trinajstić information content (AvgIpc) is 2.41. The number of rotatable bonds is 4. The van der Waals surface area contributed by atoms with Gasteiger partial charge in [0.1, 0.15) is 0 Å². The number of halogens is 3. The van der Waals surface area contributed by atoms with Gasteiger partial charge in [-0.2, -0.15) is 0 Å². The molecule has 19 heavy (non-hydrogen) atoms. The van der Waals surface area contributed by atoms with Gasteiger partial charge in [-0.25, -0.2) is 8.78 Å². The largest absolute Gasteiger partial charge is 0.330 e. The zero-order chi connectivity index (χ0) is 13.8. The lowest BCUT2D eigenvalue weighted by Gasteiger charge is -2.17. The zero-order valence-corrected chi connectivity index (χ0v) is 11.8. The quantitative estimate of drug-likeness (QED) is 0.903. The molecule has 0 radical (unpaired) electrons. The lowest BCUT2D eigenvalue weighted by atomic mass is 9.92. The molecule has 0 saturated heterocycles. The summed E-state index contributed by atoms with van der Waals surface area (Å²) in [6, 6.07) is 11.8. The van der Waals surface area contributed by atoms with Gasteiger partial charge in [-0.1, -0.05) is 40.2 Å². The number of benzene rings is 2. The Morgan fingerprint density at radius 3 is 2.42 bits per heavy atom. The van der Waals surface area contributed by atoms with E-state index in [1.807, 2.05) is 24.3 Å². The summed E-state index contributed by atoms with van der Waals surface area (Å²) in [6.07, 6.45) is 0.580. The molecule has 2 rings (SSSR count). The lowest BCUT2D eigenvalue weighted by Crippen LogP contribution is -2.15. The average molecular weight is 326 g/mol. The monoisotopic (exact) mass is 325 g/mol. The van der Waals surface area contributed by atoms with Crippen LogP contribution in [-0.4, -0.2) is 6.54 Å². The van der Waals surface area contributed by atoms with Gasteiger partial charge < -0.3 is 5.73 Å². The molecule has 0 aliphatic rings. The van der Waals surface area contributed by atoms with E-state index >= 15 is 0 Å². The highest BCUT2D eigenvalue weighted by molar-refractivity contribution is 9.10. The van der Waals surface area contributed by atoms with Crippen LogP contribution in [-0.2, 0) is 6.42 Å². The Labute approximate surface area is 119 Å². The highest BCUT2D eigenvalue weighted by atomic mass is 79.9. The Bertz CT molecular complexity index is 572. The molecule has 0 aliphatic heterocycles. The third kappa shape index (κ3) is 3.39. The summed E-state index contributed by atoms with van der Waals surface area (Å²) in [5.74, 6) is -1.57. The molecule has 0 amide bonds. The zero-order valence-electron chi connectivity index (χ0n) is 10.2. The summed E-state index contributed by atoms with van der Waals surface area (Å²) in [4.78, 5) is 0. The van der Waals surface area contributed by atoms with Crippen LogP contribution in [0.2, 0.25) is 0 Å². The lowest BCUT2D eigenvalue weighted by molar-refractivity contribution is 0.506. The summed E-state index contributed by atoms with van der Waals surface area (Å²) >= 11 is 3.49. The van der Waals surface area contributed by atoms with Crippen LogP contribution in [0.5, 0.6) is 0 Å². The van der Waals surface area contributed by atoms with Crippen LogP contribution < -0.4 is 5.73 Å². The molecule has 0 saturated carbocycles. The molecule has 0 aromatic heterocycles. The summed E-state index contributed by atoms with van der Waals surface area (Å²) in [7, 11) is 0.